The van der Waals surface area contributed by atoms with Gasteiger partial charge in [-0.1, -0.05) is 26.8 Å². The van der Waals surface area contributed by atoms with Gasteiger partial charge in [-0.25, -0.2) is 4.39 Å². The van der Waals surface area contributed by atoms with Crippen LogP contribution in [0, 0.1) is 18.2 Å². The molecule has 0 bridgehead atoms. The number of amides is 1. The Morgan fingerprint density at radius 3 is 2.61 bits per heavy atom. The summed E-state index contributed by atoms with van der Waals surface area (Å²) < 4.78 is 16.9. The van der Waals surface area contributed by atoms with Gasteiger partial charge in [-0.05, 0) is 97.5 Å². The first-order valence-electron chi connectivity index (χ1n) is 14.9. The van der Waals surface area contributed by atoms with E-state index in [-0.39, 0.29) is 36.2 Å². The minimum absolute atomic E-state index is 0.0386. The zero-order chi connectivity index (χ0) is 29.5. The van der Waals surface area contributed by atoms with Gasteiger partial charge in [0.15, 0.2) is 0 Å². The van der Waals surface area contributed by atoms with Gasteiger partial charge in [-0.3, -0.25) is 14.5 Å². The van der Waals surface area contributed by atoms with E-state index in [1.807, 2.05) is 38.2 Å². The monoisotopic (exact) mass is 562 g/mol. The summed E-state index contributed by atoms with van der Waals surface area (Å²) >= 11 is 0. The Kier molecular flexibility index (Phi) is 8.37. The van der Waals surface area contributed by atoms with E-state index in [9.17, 15) is 14.7 Å². The normalized spacial score (nSPS) is 19.0. The molecule has 0 spiro atoms. The van der Waals surface area contributed by atoms with Gasteiger partial charge < -0.3 is 20.7 Å². The number of aliphatic hydroxyl groups excluding tert-OH is 1. The maximum Gasteiger partial charge on any atom is 0.258 e. The highest BCUT2D eigenvalue weighted by atomic mass is 19.1. The first-order chi connectivity index (χ1) is 19.5. The molecule has 0 radical (unpaired) electrons. The maximum atomic E-state index is 15.1. The molecule has 1 aromatic heterocycles. The quantitative estimate of drug-likeness (QED) is 0.345. The fraction of sp³-hybridized carbons (Fsp3) is 0.515. The summed E-state index contributed by atoms with van der Waals surface area (Å²) in [6, 6.07) is 9.01. The van der Waals surface area contributed by atoms with Gasteiger partial charge in [0.1, 0.15) is 5.82 Å². The molecule has 1 aliphatic heterocycles. The highest BCUT2D eigenvalue weighted by Gasteiger charge is 2.28. The molecule has 2 fully saturated rings. The van der Waals surface area contributed by atoms with Gasteiger partial charge in [0.2, 0.25) is 0 Å². The van der Waals surface area contributed by atoms with Crippen LogP contribution in [0.25, 0.3) is 21.9 Å². The van der Waals surface area contributed by atoms with E-state index in [2.05, 4.69) is 17.1 Å². The van der Waals surface area contributed by atoms with Crippen molar-refractivity contribution in [1.82, 2.24) is 14.8 Å². The smallest absolute Gasteiger partial charge is 0.258 e. The van der Waals surface area contributed by atoms with Crippen molar-refractivity contribution in [2.75, 3.05) is 19.7 Å². The SMILES string of the molecule is CCC(c1cn(CC(C)(C)CO)c(=O)c2ccc(-c3cc(C(=O)NC4CC4)cc(F)c3C)cc12)N1CCC[C@@H](N)C1. The van der Waals surface area contributed by atoms with Gasteiger partial charge >= 0.3 is 0 Å². The number of nitrogens with two attached hydrogens (primary N) is 1. The molecule has 2 aromatic carbocycles. The molecule has 5 rings (SSSR count). The molecule has 1 unspecified atom stereocenters. The van der Waals surface area contributed by atoms with Crippen molar-refractivity contribution >= 4 is 16.7 Å². The van der Waals surface area contributed by atoms with E-state index in [0.29, 0.717) is 28.6 Å². The molecule has 1 saturated heterocycles. The van der Waals surface area contributed by atoms with Crippen LogP contribution in [0.2, 0.25) is 0 Å². The number of halogens is 1. The van der Waals surface area contributed by atoms with Gasteiger partial charge in [-0.2, -0.15) is 0 Å². The van der Waals surface area contributed by atoms with Crippen LogP contribution in [0.3, 0.4) is 0 Å². The summed E-state index contributed by atoms with van der Waals surface area (Å²) in [6.45, 7) is 9.80. The third kappa shape index (κ3) is 6.25. The number of hydrogen-bond acceptors (Lipinski definition) is 5. The summed E-state index contributed by atoms with van der Waals surface area (Å²) in [5.41, 5.74) is 8.95. The number of rotatable bonds is 9. The molecule has 2 atom stereocenters. The number of benzene rings is 2. The Bertz CT molecular complexity index is 1510. The molecule has 1 saturated carbocycles. The lowest BCUT2D eigenvalue weighted by atomic mass is 9.90. The van der Waals surface area contributed by atoms with Crippen molar-refractivity contribution in [1.29, 1.82) is 0 Å². The third-order valence-electron chi connectivity index (χ3n) is 8.65. The summed E-state index contributed by atoms with van der Waals surface area (Å²) in [7, 11) is 0. The van der Waals surface area contributed by atoms with Crippen LogP contribution >= 0.6 is 0 Å². The average molecular weight is 563 g/mol. The molecule has 2 heterocycles. The minimum atomic E-state index is -0.472. The molecule has 8 heteroatoms. The number of carbonyl (C=O) groups excluding carboxylic acids is 1. The second-order valence-corrected chi connectivity index (χ2v) is 12.8. The number of nitrogens with one attached hydrogen (secondary N) is 1. The minimum Gasteiger partial charge on any atom is -0.396 e. The predicted molar refractivity (Wildman–Crippen MR) is 162 cm³/mol. The van der Waals surface area contributed by atoms with Crippen molar-refractivity contribution in [3.05, 3.63) is 69.4 Å². The number of nitrogens with zero attached hydrogens (tertiary/aromatic N) is 2. The average Bonchev–Trinajstić information content (AvgIpc) is 3.76. The molecule has 1 amide bonds. The second kappa shape index (κ2) is 11.7. The van der Waals surface area contributed by atoms with E-state index in [1.54, 1.807) is 17.6 Å². The van der Waals surface area contributed by atoms with E-state index >= 15 is 4.39 Å². The Balaban J connectivity index is 1.67. The molecule has 4 N–H and O–H groups in total. The first-order valence-corrected chi connectivity index (χ1v) is 14.9. The lowest BCUT2D eigenvalue weighted by Gasteiger charge is -2.37. The number of hydrogen-bond donors (Lipinski definition) is 3. The maximum absolute atomic E-state index is 15.1. The third-order valence-corrected chi connectivity index (χ3v) is 8.65. The molecule has 7 nitrogen and oxygen atoms in total. The predicted octanol–water partition coefficient (Wildman–Crippen LogP) is 4.90. The first kappa shape index (κ1) is 29.4. The molecular weight excluding hydrogens is 519 g/mol. The second-order valence-electron chi connectivity index (χ2n) is 12.8. The van der Waals surface area contributed by atoms with Crippen LogP contribution in [0.5, 0.6) is 0 Å². The summed E-state index contributed by atoms with van der Waals surface area (Å²) in [5, 5.41) is 14.3. The number of pyridine rings is 1. The zero-order valence-corrected chi connectivity index (χ0v) is 24.7. The van der Waals surface area contributed by atoms with Gasteiger partial charge in [-0.15, -0.1) is 0 Å². The van der Waals surface area contributed by atoms with E-state index in [0.717, 1.165) is 61.7 Å². The highest BCUT2D eigenvalue weighted by Crippen LogP contribution is 2.35. The molecular formula is C33H43FN4O3. The number of likely N-dealkylation sites (tertiary alicyclic amines) is 1. The van der Waals surface area contributed by atoms with Crippen molar-refractivity contribution in [3.8, 4) is 11.1 Å². The topological polar surface area (TPSA) is 101 Å². The van der Waals surface area contributed by atoms with Crippen molar-refractivity contribution in [2.45, 2.75) is 84.5 Å². The standard InChI is InChI=1S/C33H43FN4O3/c1-5-30(37-12-6-7-23(35)16-37)28-17-38(18-33(3,4)19-39)32(41)25-11-8-21(13-27(25)28)26-14-22(15-29(34)20(26)2)31(40)36-24-9-10-24/h8,11,13-15,17,23-24,30,39H,5-7,9-10,12,16,18-19,35H2,1-4H3,(H,36,40)/t23-,30?/m1/s1. The highest BCUT2D eigenvalue weighted by molar-refractivity contribution is 5.97. The van der Waals surface area contributed by atoms with Crippen LogP contribution in [0.4, 0.5) is 4.39 Å². The Labute approximate surface area is 241 Å². The molecule has 3 aromatic rings. The molecule has 2 aliphatic rings. The van der Waals surface area contributed by atoms with Crippen molar-refractivity contribution < 1.29 is 14.3 Å². The van der Waals surface area contributed by atoms with Gasteiger partial charge in [0.05, 0.1) is 0 Å². The van der Waals surface area contributed by atoms with Crippen LogP contribution < -0.4 is 16.6 Å². The number of fused-ring (bicyclic) bond motifs is 1. The summed E-state index contributed by atoms with van der Waals surface area (Å²) in [4.78, 5) is 29.0. The van der Waals surface area contributed by atoms with Crippen LogP contribution in [-0.4, -0.2) is 52.3 Å². The summed E-state index contributed by atoms with van der Waals surface area (Å²) in [6.07, 6.45) is 6.71. The Hall–Kier alpha value is -3.07. The number of carbonyl (C=O) groups is 1. The fourth-order valence-electron chi connectivity index (χ4n) is 6.09. The van der Waals surface area contributed by atoms with Gasteiger partial charge in [0.25, 0.3) is 11.5 Å². The number of aromatic nitrogens is 1. The fourth-order valence-corrected chi connectivity index (χ4v) is 6.09. The van der Waals surface area contributed by atoms with Crippen molar-refractivity contribution in [3.63, 3.8) is 0 Å². The molecule has 220 valence electrons. The van der Waals surface area contributed by atoms with Crippen LogP contribution in [0.1, 0.15) is 80.4 Å². The van der Waals surface area contributed by atoms with E-state index < -0.39 is 11.2 Å². The number of piperidine rings is 1. The van der Waals surface area contributed by atoms with E-state index in [4.69, 9.17) is 5.73 Å². The largest absolute Gasteiger partial charge is 0.396 e. The zero-order valence-electron chi connectivity index (χ0n) is 24.7. The number of aliphatic hydroxyl groups is 1. The summed E-state index contributed by atoms with van der Waals surface area (Å²) in [5.74, 6) is -0.699. The Morgan fingerprint density at radius 1 is 1.20 bits per heavy atom. The Morgan fingerprint density at radius 2 is 1.95 bits per heavy atom. The lowest BCUT2D eigenvalue weighted by molar-refractivity contribution is 0.0950. The van der Waals surface area contributed by atoms with Gasteiger partial charge in [0, 0.05) is 60.4 Å². The van der Waals surface area contributed by atoms with E-state index in [1.165, 1.54) is 6.07 Å². The lowest BCUT2D eigenvalue weighted by Crippen LogP contribution is -2.44. The van der Waals surface area contributed by atoms with Crippen LogP contribution in [0.15, 0.2) is 41.3 Å². The molecule has 41 heavy (non-hydrogen) atoms. The molecule has 1 aliphatic carbocycles. The van der Waals surface area contributed by atoms with Crippen LogP contribution in [-0.2, 0) is 6.54 Å². The van der Waals surface area contributed by atoms with Crippen molar-refractivity contribution in [2.24, 2.45) is 11.1 Å².